The summed E-state index contributed by atoms with van der Waals surface area (Å²) in [5, 5.41) is 0. The molecule has 42 heavy (non-hydrogen) atoms. The molecule has 1 aromatic heterocycles. The van der Waals surface area contributed by atoms with Crippen molar-refractivity contribution in [1.29, 1.82) is 0 Å². The summed E-state index contributed by atoms with van der Waals surface area (Å²) in [6.07, 6.45) is 1.52. The van der Waals surface area contributed by atoms with Crippen LogP contribution in [-0.2, 0) is 32.8 Å². The van der Waals surface area contributed by atoms with Gasteiger partial charge in [0.05, 0.1) is 6.26 Å². The number of ether oxygens (including phenoxy) is 2. The van der Waals surface area contributed by atoms with Gasteiger partial charge in [-0.05, 0) is 66.2 Å². The minimum atomic E-state index is -0.173. The van der Waals surface area contributed by atoms with E-state index in [1.165, 1.54) is 11.8 Å². The number of rotatable bonds is 13. The fraction of sp³-hybridized carbons (Fsp3) is 0.194. The van der Waals surface area contributed by atoms with Crippen LogP contribution in [0.2, 0.25) is 0 Å². The third-order valence-electron chi connectivity index (χ3n) is 6.77. The van der Waals surface area contributed by atoms with Crippen molar-refractivity contribution < 1.29 is 18.7 Å². The molecular weight excluding hydrogens is 524 g/mol. The van der Waals surface area contributed by atoms with Gasteiger partial charge in [0.25, 0.3) is 5.91 Å². The highest BCUT2D eigenvalue weighted by atomic mass is 16.5. The summed E-state index contributed by atoms with van der Waals surface area (Å²) in [6.45, 7) is 2.50. The minimum Gasteiger partial charge on any atom is -0.485 e. The molecule has 0 aliphatic rings. The van der Waals surface area contributed by atoms with E-state index in [1.54, 1.807) is 17.0 Å². The van der Waals surface area contributed by atoms with Crippen molar-refractivity contribution in [3.63, 3.8) is 0 Å². The highest BCUT2D eigenvalue weighted by molar-refractivity contribution is 5.91. The number of furan rings is 1. The van der Waals surface area contributed by atoms with Gasteiger partial charge in [0.15, 0.2) is 17.3 Å². The zero-order valence-electron chi connectivity index (χ0n) is 24.1. The Hall–Kier alpha value is -4.81. The summed E-state index contributed by atoms with van der Waals surface area (Å²) >= 11 is 0. The van der Waals surface area contributed by atoms with E-state index in [-0.39, 0.29) is 5.91 Å². The lowest BCUT2D eigenvalue weighted by Gasteiger charge is -2.23. The highest BCUT2D eigenvalue weighted by Crippen LogP contribution is 2.31. The summed E-state index contributed by atoms with van der Waals surface area (Å²) in [6, 6.07) is 37.8. The van der Waals surface area contributed by atoms with Gasteiger partial charge in [0.1, 0.15) is 13.2 Å². The second-order valence-electron chi connectivity index (χ2n) is 10.5. The van der Waals surface area contributed by atoms with Crippen LogP contribution in [0.25, 0.3) is 0 Å². The van der Waals surface area contributed by atoms with Gasteiger partial charge in [-0.3, -0.25) is 4.79 Å². The molecule has 0 bridgehead atoms. The van der Waals surface area contributed by atoms with E-state index in [9.17, 15) is 4.79 Å². The second kappa shape index (κ2) is 14.2. The van der Waals surface area contributed by atoms with E-state index < -0.39 is 0 Å². The van der Waals surface area contributed by atoms with Crippen LogP contribution in [0.5, 0.6) is 11.5 Å². The number of carbonyl (C=O) groups excluding carboxylic acids is 1. The molecule has 6 nitrogen and oxygen atoms in total. The van der Waals surface area contributed by atoms with Crippen LogP contribution in [0.15, 0.2) is 126 Å². The first-order chi connectivity index (χ1) is 20.5. The summed E-state index contributed by atoms with van der Waals surface area (Å²) in [7, 11) is 4.10. The monoisotopic (exact) mass is 560 g/mol. The standard InChI is InChI=1S/C36H36N2O4/c1-37(2)23-28-15-17-29(18-16-28)24-38(36(39)34-14-9-21-40-34)25-32-19-20-33(41-26-30-10-5-3-6-11-30)35(22-32)42-27-31-12-7-4-8-13-31/h3-22H,23-27H2,1-2H3. The van der Waals surface area contributed by atoms with Crippen LogP contribution >= 0.6 is 0 Å². The molecule has 0 aliphatic heterocycles. The first kappa shape index (κ1) is 28.7. The van der Waals surface area contributed by atoms with Crippen LogP contribution in [0.3, 0.4) is 0 Å². The van der Waals surface area contributed by atoms with Crippen molar-refractivity contribution in [2.24, 2.45) is 0 Å². The zero-order chi connectivity index (χ0) is 29.1. The first-order valence-corrected chi connectivity index (χ1v) is 14.1. The van der Waals surface area contributed by atoms with Crippen molar-refractivity contribution in [3.8, 4) is 11.5 Å². The molecule has 0 saturated carbocycles. The van der Waals surface area contributed by atoms with Gasteiger partial charge in [-0.1, -0.05) is 91.0 Å². The Morgan fingerprint density at radius 3 is 1.71 bits per heavy atom. The topological polar surface area (TPSA) is 55.2 Å². The number of hydrogen-bond donors (Lipinski definition) is 0. The van der Waals surface area contributed by atoms with E-state index in [4.69, 9.17) is 13.9 Å². The van der Waals surface area contributed by atoms with Gasteiger partial charge < -0.3 is 23.7 Å². The first-order valence-electron chi connectivity index (χ1n) is 14.1. The minimum absolute atomic E-state index is 0.173. The lowest BCUT2D eigenvalue weighted by molar-refractivity contribution is 0.0697. The SMILES string of the molecule is CN(C)Cc1ccc(CN(Cc2ccc(OCc3ccccc3)c(OCc3ccccc3)c2)C(=O)c2ccco2)cc1. The van der Waals surface area contributed by atoms with Crippen LogP contribution < -0.4 is 9.47 Å². The summed E-state index contributed by atoms with van der Waals surface area (Å²) in [5.74, 6) is 1.42. The van der Waals surface area contributed by atoms with Crippen molar-refractivity contribution in [2.75, 3.05) is 14.1 Å². The largest absolute Gasteiger partial charge is 0.485 e. The Kier molecular flexibility index (Phi) is 9.70. The molecular formula is C36H36N2O4. The molecule has 1 amide bonds. The normalized spacial score (nSPS) is 10.9. The second-order valence-corrected chi connectivity index (χ2v) is 10.5. The van der Waals surface area contributed by atoms with Crippen molar-refractivity contribution >= 4 is 5.91 Å². The quantitative estimate of drug-likeness (QED) is 0.151. The molecule has 0 radical (unpaired) electrons. The molecule has 4 aromatic carbocycles. The van der Waals surface area contributed by atoms with Gasteiger partial charge in [-0.25, -0.2) is 0 Å². The summed E-state index contributed by atoms with van der Waals surface area (Å²) in [4.78, 5) is 17.4. The fourth-order valence-electron chi connectivity index (χ4n) is 4.67. The third-order valence-corrected chi connectivity index (χ3v) is 6.77. The molecule has 0 unspecified atom stereocenters. The number of benzene rings is 4. The van der Waals surface area contributed by atoms with Gasteiger partial charge in [0, 0.05) is 19.6 Å². The third kappa shape index (κ3) is 8.12. The summed E-state index contributed by atoms with van der Waals surface area (Å²) in [5.41, 5.74) is 5.32. The Morgan fingerprint density at radius 1 is 0.595 bits per heavy atom. The average molecular weight is 561 g/mol. The molecule has 0 aliphatic carbocycles. The van der Waals surface area contributed by atoms with E-state index >= 15 is 0 Å². The van der Waals surface area contributed by atoms with Crippen LogP contribution in [0.1, 0.15) is 38.4 Å². The maximum absolute atomic E-state index is 13.5. The average Bonchev–Trinajstić information content (AvgIpc) is 3.56. The molecule has 5 aromatic rings. The lowest BCUT2D eigenvalue weighted by Crippen LogP contribution is -2.30. The number of hydrogen-bond acceptors (Lipinski definition) is 5. The Balaban J connectivity index is 1.38. The molecule has 0 atom stereocenters. The summed E-state index contributed by atoms with van der Waals surface area (Å²) < 4.78 is 17.9. The lowest BCUT2D eigenvalue weighted by atomic mass is 10.1. The molecule has 214 valence electrons. The predicted molar refractivity (Wildman–Crippen MR) is 164 cm³/mol. The van der Waals surface area contributed by atoms with E-state index in [0.29, 0.717) is 43.6 Å². The van der Waals surface area contributed by atoms with Crippen molar-refractivity contribution in [1.82, 2.24) is 9.80 Å². The number of carbonyl (C=O) groups is 1. The molecule has 6 heteroatoms. The van der Waals surface area contributed by atoms with Gasteiger partial charge in [-0.2, -0.15) is 0 Å². The van der Waals surface area contributed by atoms with Gasteiger partial charge >= 0.3 is 0 Å². The van der Waals surface area contributed by atoms with Crippen LogP contribution in [-0.4, -0.2) is 29.8 Å². The highest BCUT2D eigenvalue weighted by Gasteiger charge is 2.20. The Labute approximate surface area is 247 Å². The van der Waals surface area contributed by atoms with Crippen molar-refractivity contribution in [2.45, 2.75) is 32.8 Å². The smallest absolute Gasteiger partial charge is 0.290 e. The van der Waals surface area contributed by atoms with E-state index in [1.807, 2.05) is 93.0 Å². The van der Waals surface area contributed by atoms with Gasteiger partial charge in [-0.15, -0.1) is 0 Å². The van der Waals surface area contributed by atoms with Gasteiger partial charge in [0.2, 0.25) is 0 Å². The fourth-order valence-corrected chi connectivity index (χ4v) is 4.67. The molecule has 0 N–H and O–H groups in total. The molecule has 0 saturated heterocycles. The molecule has 1 heterocycles. The maximum Gasteiger partial charge on any atom is 0.290 e. The molecule has 0 spiro atoms. The Morgan fingerprint density at radius 2 is 1.14 bits per heavy atom. The molecule has 0 fully saturated rings. The zero-order valence-corrected chi connectivity index (χ0v) is 24.1. The van der Waals surface area contributed by atoms with E-state index in [2.05, 4.69) is 29.2 Å². The number of amides is 1. The van der Waals surface area contributed by atoms with Crippen LogP contribution in [0.4, 0.5) is 0 Å². The maximum atomic E-state index is 13.5. The molecule has 5 rings (SSSR count). The van der Waals surface area contributed by atoms with Crippen LogP contribution in [0, 0.1) is 0 Å². The van der Waals surface area contributed by atoms with E-state index in [0.717, 1.165) is 28.8 Å². The van der Waals surface area contributed by atoms with Crippen molar-refractivity contribution in [3.05, 3.63) is 155 Å². The number of nitrogens with zero attached hydrogens (tertiary/aromatic N) is 2. The Bertz CT molecular complexity index is 1530. The predicted octanol–water partition coefficient (Wildman–Crippen LogP) is 7.34.